The summed E-state index contributed by atoms with van der Waals surface area (Å²) in [6, 6.07) is 6.08. The van der Waals surface area contributed by atoms with Crippen LogP contribution in [-0.4, -0.2) is 35.8 Å². The van der Waals surface area contributed by atoms with Crippen molar-refractivity contribution in [3.8, 4) is 5.75 Å². The number of fused-ring (bicyclic) bond motifs is 1. The maximum atomic E-state index is 12.0. The van der Waals surface area contributed by atoms with E-state index in [2.05, 4.69) is 11.0 Å². The van der Waals surface area contributed by atoms with Crippen LogP contribution in [0, 0.1) is 0 Å². The Morgan fingerprint density at radius 2 is 2.00 bits per heavy atom. The van der Waals surface area contributed by atoms with Crippen LogP contribution in [0.4, 0.5) is 5.69 Å². The average Bonchev–Trinajstić information content (AvgIpc) is 2.97. The Balaban J connectivity index is 1.83. The van der Waals surface area contributed by atoms with Gasteiger partial charge in [0.2, 0.25) is 0 Å². The van der Waals surface area contributed by atoms with Gasteiger partial charge in [-0.3, -0.25) is 9.69 Å². The number of hydrogen-bond donors (Lipinski definition) is 0. The van der Waals surface area contributed by atoms with Crippen molar-refractivity contribution in [3.63, 3.8) is 0 Å². The predicted octanol–water partition coefficient (Wildman–Crippen LogP) is 3.84. The van der Waals surface area contributed by atoms with E-state index < -0.39 is 0 Å². The number of ether oxygens (including phenoxy) is 1. The summed E-state index contributed by atoms with van der Waals surface area (Å²) in [5.41, 5.74) is 1.14. The molecular weight excluding hydrogens is 348 g/mol. The fourth-order valence-corrected chi connectivity index (χ4v) is 4.46. The molecule has 0 spiro atoms. The first-order valence-corrected chi connectivity index (χ1v) is 9.15. The third kappa shape index (κ3) is 3.13. The van der Waals surface area contributed by atoms with Crippen LogP contribution in [0.5, 0.6) is 5.75 Å². The number of hydrogen-bond acceptors (Lipinski definition) is 6. The number of thiocarbonyl (C=S) groups is 1. The molecule has 0 bridgehead atoms. The van der Waals surface area contributed by atoms with Crippen LogP contribution in [0.2, 0.25) is 0 Å². The molecule has 0 N–H and O–H groups in total. The first-order chi connectivity index (χ1) is 11.0. The van der Waals surface area contributed by atoms with E-state index in [-0.39, 0.29) is 5.91 Å². The minimum absolute atomic E-state index is 0.0429. The first-order valence-electron chi connectivity index (χ1n) is 7.11. The maximum Gasteiger partial charge on any atom is 0.265 e. The lowest BCUT2D eigenvalue weighted by Gasteiger charge is -2.13. The monoisotopic (exact) mass is 364 g/mol. The number of rotatable bonds is 3. The molecule has 1 fully saturated rings. The summed E-state index contributed by atoms with van der Waals surface area (Å²) in [7, 11) is 3.72. The number of anilines is 1. The molecule has 0 saturated carbocycles. The zero-order chi connectivity index (χ0) is 16.6. The van der Waals surface area contributed by atoms with Gasteiger partial charge in [0.05, 0.1) is 22.2 Å². The van der Waals surface area contributed by atoms with Crippen LogP contribution in [-0.2, 0) is 4.79 Å². The highest BCUT2D eigenvalue weighted by Gasteiger charge is 2.28. The van der Waals surface area contributed by atoms with Gasteiger partial charge in [-0.05, 0) is 37.3 Å². The Labute approximate surface area is 149 Å². The van der Waals surface area contributed by atoms with Crippen molar-refractivity contribution in [1.82, 2.24) is 4.90 Å². The highest BCUT2D eigenvalue weighted by molar-refractivity contribution is 8.26. The van der Waals surface area contributed by atoms with Crippen molar-refractivity contribution >= 4 is 51.7 Å². The summed E-state index contributed by atoms with van der Waals surface area (Å²) >= 11 is 8.14. The van der Waals surface area contributed by atoms with Gasteiger partial charge in [-0.25, -0.2) is 0 Å². The van der Waals surface area contributed by atoms with Gasteiger partial charge in [0.15, 0.2) is 0 Å². The van der Waals surface area contributed by atoms with Crippen LogP contribution in [0.1, 0.15) is 6.92 Å². The lowest BCUT2D eigenvalue weighted by molar-refractivity contribution is -0.121. The fourth-order valence-electron chi connectivity index (χ4n) is 2.26. The molecule has 1 aromatic carbocycles. The Bertz CT molecular complexity index is 743. The summed E-state index contributed by atoms with van der Waals surface area (Å²) < 4.78 is 6.14. The molecule has 1 amide bonds. The molecule has 2 aliphatic rings. The summed E-state index contributed by atoms with van der Waals surface area (Å²) in [6.45, 7) is 2.63. The number of carbonyl (C=O) groups is 1. The quantitative estimate of drug-likeness (QED) is 0.599. The molecular formula is C16H16N2O2S3. The smallest absolute Gasteiger partial charge is 0.265 e. The minimum atomic E-state index is -0.0429. The molecule has 1 saturated heterocycles. The maximum absolute atomic E-state index is 12.0. The van der Waals surface area contributed by atoms with E-state index in [1.165, 1.54) is 16.7 Å². The molecule has 2 heterocycles. The highest BCUT2D eigenvalue weighted by atomic mass is 32.2. The van der Waals surface area contributed by atoms with Crippen LogP contribution < -0.4 is 9.64 Å². The Morgan fingerprint density at radius 3 is 2.65 bits per heavy atom. The normalized spacial score (nSPS) is 20.8. The lowest BCUT2D eigenvalue weighted by atomic mass is 10.3. The van der Waals surface area contributed by atoms with E-state index in [4.69, 9.17) is 17.0 Å². The average molecular weight is 365 g/mol. The number of thioether (sulfide) groups is 2. The number of amides is 1. The van der Waals surface area contributed by atoms with Crippen LogP contribution in [0.15, 0.2) is 45.2 Å². The largest absolute Gasteiger partial charge is 0.494 e. The summed E-state index contributed by atoms with van der Waals surface area (Å²) in [6.07, 6.45) is 3.81. The second-order valence-corrected chi connectivity index (χ2v) is 7.73. The van der Waals surface area contributed by atoms with E-state index in [1.807, 2.05) is 38.3 Å². The third-order valence-corrected chi connectivity index (χ3v) is 6.18. The highest BCUT2D eigenvalue weighted by Crippen LogP contribution is 2.46. The molecule has 0 radical (unpaired) electrons. The molecule has 0 aromatic heterocycles. The molecule has 23 heavy (non-hydrogen) atoms. The van der Waals surface area contributed by atoms with Crippen molar-refractivity contribution in [2.75, 3.05) is 25.6 Å². The van der Waals surface area contributed by atoms with E-state index in [0.717, 1.165) is 21.4 Å². The second kappa shape index (κ2) is 6.59. The van der Waals surface area contributed by atoms with Gasteiger partial charge in [0.1, 0.15) is 10.1 Å². The Kier molecular flexibility index (Phi) is 4.70. The van der Waals surface area contributed by atoms with Gasteiger partial charge >= 0.3 is 0 Å². The molecule has 2 aliphatic heterocycles. The second-order valence-electron chi connectivity index (χ2n) is 4.99. The van der Waals surface area contributed by atoms with Crippen LogP contribution >= 0.6 is 35.7 Å². The van der Waals surface area contributed by atoms with Gasteiger partial charge < -0.3 is 9.64 Å². The summed E-state index contributed by atoms with van der Waals surface area (Å²) in [5, 5.41) is 1.06. The molecule has 0 atom stereocenters. The first kappa shape index (κ1) is 16.4. The number of carbonyl (C=O) groups excluding carboxylic acids is 1. The van der Waals surface area contributed by atoms with Crippen LogP contribution in [0.25, 0.3) is 0 Å². The number of allylic oxidation sites excluding steroid dienone is 2. The molecule has 3 rings (SSSR count). The van der Waals surface area contributed by atoms with E-state index in [0.29, 0.717) is 15.8 Å². The Hall–Kier alpha value is -1.44. The molecule has 120 valence electrons. The van der Waals surface area contributed by atoms with E-state index >= 15 is 0 Å². The third-order valence-electron chi connectivity index (χ3n) is 3.51. The molecule has 0 aliphatic carbocycles. The molecule has 7 heteroatoms. The van der Waals surface area contributed by atoms with Crippen molar-refractivity contribution in [2.45, 2.75) is 11.8 Å². The molecule has 0 unspecified atom stereocenters. The number of nitrogens with zero attached hydrogens (tertiary/aromatic N) is 2. The van der Waals surface area contributed by atoms with Gasteiger partial charge in [0.25, 0.3) is 5.91 Å². The SMILES string of the molecule is CCOc1ccc2c(c1)S/C(=C\C=C1\SC(=S)N(C)C1=O)N2C. The van der Waals surface area contributed by atoms with E-state index in [9.17, 15) is 4.79 Å². The van der Waals surface area contributed by atoms with Gasteiger partial charge in [-0.2, -0.15) is 0 Å². The van der Waals surface area contributed by atoms with Crippen molar-refractivity contribution in [1.29, 1.82) is 0 Å². The molecule has 4 nitrogen and oxygen atoms in total. The van der Waals surface area contributed by atoms with Gasteiger partial charge in [0, 0.05) is 19.0 Å². The van der Waals surface area contributed by atoms with Crippen molar-refractivity contribution in [2.24, 2.45) is 0 Å². The standard InChI is InChI=1S/C16H16N2O2S3/c1-4-20-10-5-6-11-13(9-10)22-14(17(11)2)8-7-12-15(19)18(3)16(21)23-12/h5-9H,4H2,1-3H3/b12-7+,14-8-. The van der Waals surface area contributed by atoms with E-state index in [1.54, 1.807) is 18.8 Å². The minimum Gasteiger partial charge on any atom is -0.494 e. The van der Waals surface area contributed by atoms with Crippen molar-refractivity contribution in [3.05, 3.63) is 40.3 Å². The predicted molar refractivity (Wildman–Crippen MR) is 101 cm³/mol. The summed E-state index contributed by atoms with van der Waals surface area (Å²) in [4.78, 5) is 17.4. The molecule has 1 aromatic rings. The number of likely N-dealkylation sites (N-methyl/N-ethyl adjacent to an activating group) is 1. The number of benzene rings is 1. The zero-order valence-corrected chi connectivity index (χ0v) is 15.5. The zero-order valence-electron chi connectivity index (χ0n) is 13.0. The van der Waals surface area contributed by atoms with Crippen molar-refractivity contribution < 1.29 is 9.53 Å². The van der Waals surface area contributed by atoms with Gasteiger partial charge in [-0.15, -0.1) is 0 Å². The van der Waals surface area contributed by atoms with Gasteiger partial charge in [-0.1, -0.05) is 35.7 Å². The Morgan fingerprint density at radius 1 is 1.22 bits per heavy atom. The topological polar surface area (TPSA) is 32.8 Å². The van der Waals surface area contributed by atoms with Crippen LogP contribution in [0.3, 0.4) is 0 Å². The fraction of sp³-hybridized carbons (Fsp3) is 0.250. The summed E-state index contributed by atoms with van der Waals surface area (Å²) in [5.74, 6) is 0.832. The lowest BCUT2D eigenvalue weighted by Crippen LogP contribution is -2.22.